The molecule has 2 heteroatoms. The Kier molecular flexibility index (Phi) is 3.78. The molecule has 0 saturated carbocycles. The first-order valence-electron chi connectivity index (χ1n) is 4.21. The molecule has 0 amide bonds. The molecule has 1 N–H and O–H groups in total. The van der Waals surface area contributed by atoms with E-state index < -0.39 is 0 Å². The van der Waals surface area contributed by atoms with Crippen LogP contribution in [-0.2, 0) is 0 Å². The van der Waals surface area contributed by atoms with E-state index in [1.807, 2.05) is 24.3 Å². The second-order valence-electron chi connectivity index (χ2n) is 2.74. The van der Waals surface area contributed by atoms with Gasteiger partial charge in [0.15, 0.2) is 0 Å². The zero-order valence-electron chi connectivity index (χ0n) is 8.08. The monoisotopic (exact) mass is 188 g/mol. The van der Waals surface area contributed by atoms with Gasteiger partial charge < -0.3 is 9.84 Å². The van der Waals surface area contributed by atoms with E-state index >= 15 is 0 Å². The molecule has 0 fully saturated rings. The number of ether oxygens (including phenoxy) is 1. The molecular formula is C12H12O2. The van der Waals surface area contributed by atoms with Crippen molar-refractivity contribution < 1.29 is 9.84 Å². The Bertz CT molecular complexity index is 366. The average Bonchev–Trinajstić information content (AvgIpc) is 2.26. The summed E-state index contributed by atoms with van der Waals surface area (Å²) in [5.41, 5.74) is 1.39. The largest absolute Gasteiger partial charge is 0.497 e. The minimum Gasteiger partial charge on any atom is -0.497 e. The molecular weight excluding hydrogens is 176 g/mol. The molecule has 0 aromatic heterocycles. The third-order valence-electron chi connectivity index (χ3n) is 1.66. The van der Waals surface area contributed by atoms with Crippen LogP contribution in [0, 0.1) is 11.8 Å². The standard InChI is InChI=1S/C12H12O2/c1-10(9-13)3-4-11-5-7-12(14-2)8-6-11/h5-8,13H,1,9H2,2H3. The molecule has 0 bridgehead atoms. The molecule has 0 spiro atoms. The number of hydrogen-bond donors (Lipinski definition) is 1. The van der Waals surface area contributed by atoms with E-state index in [9.17, 15) is 0 Å². The molecule has 1 rings (SSSR count). The van der Waals surface area contributed by atoms with Crippen molar-refractivity contribution >= 4 is 0 Å². The summed E-state index contributed by atoms with van der Waals surface area (Å²) >= 11 is 0. The molecule has 0 aliphatic carbocycles. The molecule has 0 heterocycles. The highest BCUT2D eigenvalue weighted by Crippen LogP contribution is 2.10. The summed E-state index contributed by atoms with van der Waals surface area (Å²) in [6.07, 6.45) is 0. The van der Waals surface area contributed by atoms with Gasteiger partial charge in [0.2, 0.25) is 0 Å². The zero-order valence-corrected chi connectivity index (χ0v) is 8.08. The van der Waals surface area contributed by atoms with Gasteiger partial charge in [0.1, 0.15) is 5.75 Å². The van der Waals surface area contributed by atoms with Gasteiger partial charge in [-0.15, -0.1) is 0 Å². The van der Waals surface area contributed by atoms with Crippen LogP contribution >= 0.6 is 0 Å². The smallest absolute Gasteiger partial charge is 0.118 e. The van der Waals surface area contributed by atoms with E-state index in [2.05, 4.69) is 18.4 Å². The summed E-state index contributed by atoms with van der Waals surface area (Å²) in [6.45, 7) is 3.48. The van der Waals surface area contributed by atoms with E-state index in [4.69, 9.17) is 9.84 Å². The molecule has 0 aliphatic heterocycles. The molecule has 0 aliphatic rings. The quantitative estimate of drug-likeness (QED) is 0.714. The lowest BCUT2D eigenvalue weighted by Crippen LogP contribution is -1.84. The normalized spacial score (nSPS) is 8.71. The Morgan fingerprint density at radius 1 is 1.43 bits per heavy atom. The van der Waals surface area contributed by atoms with Gasteiger partial charge in [-0.05, 0) is 24.3 Å². The maximum Gasteiger partial charge on any atom is 0.118 e. The molecule has 72 valence electrons. The van der Waals surface area contributed by atoms with Crippen LogP contribution < -0.4 is 4.74 Å². The third kappa shape index (κ3) is 2.96. The summed E-state index contributed by atoms with van der Waals surface area (Å²) in [6, 6.07) is 7.39. The van der Waals surface area contributed by atoms with Gasteiger partial charge in [0.25, 0.3) is 0 Å². The highest BCUT2D eigenvalue weighted by Gasteiger charge is 1.89. The van der Waals surface area contributed by atoms with Crippen LogP contribution in [0.25, 0.3) is 0 Å². The lowest BCUT2D eigenvalue weighted by Gasteiger charge is -1.97. The summed E-state index contributed by atoms with van der Waals surface area (Å²) in [5.74, 6) is 6.43. The summed E-state index contributed by atoms with van der Waals surface area (Å²) < 4.78 is 5.01. The number of rotatable bonds is 2. The van der Waals surface area contributed by atoms with E-state index in [0.29, 0.717) is 5.57 Å². The Balaban J connectivity index is 2.76. The number of aliphatic hydroxyl groups is 1. The van der Waals surface area contributed by atoms with Crippen molar-refractivity contribution in [3.05, 3.63) is 42.0 Å². The summed E-state index contributed by atoms with van der Waals surface area (Å²) in [4.78, 5) is 0. The maximum absolute atomic E-state index is 8.67. The van der Waals surface area contributed by atoms with Crippen molar-refractivity contribution in [3.8, 4) is 17.6 Å². The van der Waals surface area contributed by atoms with Gasteiger partial charge in [-0.25, -0.2) is 0 Å². The third-order valence-corrected chi connectivity index (χ3v) is 1.66. The highest BCUT2D eigenvalue weighted by molar-refractivity contribution is 5.42. The minimum atomic E-state index is -0.0941. The molecule has 1 aromatic rings. The van der Waals surface area contributed by atoms with Gasteiger partial charge in [-0.3, -0.25) is 0 Å². The topological polar surface area (TPSA) is 29.5 Å². The van der Waals surface area contributed by atoms with Crippen molar-refractivity contribution in [3.63, 3.8) is 0 Å². The fourth-order valence-electron chi connectivity index (χ4n) is 0.874. The van der Waals surface area contributed by atoms with Crippen LogP contribution in [0.2, 0.25) is 0 Å². The van der Waals surface area contributed by atoms with Crippen LogP contribution in [0.4, 0.5) is 0 Å². The van der Waals surface area contributed by atoms with Crippen LogP contribution in [0.1, 0.15) is 5.56 Å². The molecule has 0 radical (unpaired) electrons. The maximum atomic E-state index is 8.67. The van der Waals surface area contributed by atoms with E-state index in [-0.39, 0.29) is 6.61 Å². The van der Waals surface area contributed by atoms with Crippen molar-refractivity contribution in [1.29, 1.82) is 0 Å². The molecule has 0 saturated heterocycles. The van der Waals surface area contributed by atoms with E-state index in [1.165, 1.54) is 0 Å². The predicted octanol–water partition coefficient (Wildman–Crippen LogP) is 1.60. The number of hydrogen-bond acceptors (Lipinski definition) is 2. The SMILES string of the molecule is C=C(C#Cc1ccc(OC)cc1)CO. The molecule has 0 unspecified atom stereocenters. The molecule has 14 heavy (non-hydrogen) atoms. The van der Waals surface area contributed by atoms with Crippen LogP contribution in [0.5, 0.6) is 5.75 Å². The Morgan fingerprint density at radius 3 is 2.57 bits per heavy atom. The van der Waals surface area contributed by atoms with Crippen molar-refractivity contribution in [2.45, 2.75) is 0 Å². The zero-order chi connectivity index (χ0) is 10.4. The van der Waals surface area contributed by atoms with Gasteiger partial charge >= 0.3 is 0 Å². The van der Waals surface area contributed by atoms with Crippen molar-refractivity contribution in [1.82, 2.24) is 0 Å². The van der Waals surface area contributed by atoms with Crippen molar-refractivity contribution in [2.75, 3.05) is 13.7 Å². The molecule has 2 nitrogen and oxygen atoms in total. The minimum absolute atomic E-state index is 0.0941. The fraction of sp³-hybridized carbons (Fsp3) is 0.167. The first kappa shape index (κ1) is 10.4. The second kappa shape index (κ2) is 5.11. The molecule has 1 aromatic carbocycles. The lowest BCUT2D eigenvalue weighted by atomic mass is 10.2. The van der Waals surface area contributed by atoms with Crippen LogP contribution in [0.3, 0.4) is 0 Å². The van der Waals surface area contributed by atoms with Crippen LogP contribution in [0.15, 0.2) is 36.4 Å². The van der Waals surface area contributed by atoms with E-state index in [0.717, 1.165) is 11.3 Å². The van der Waals surface area contributed by atoms with Gasteiger partial charge in [0.05, 0.1) is 13.7 Å². The number of aliphatic hydroxyl groups excluding tert-OH is 1. The van der Waals surface area contributed by atoms with Gasteiger partial charge in [-0.2, -0.15) is 0 Å². The summed E-state index contributed by atoms with van der Waals surface area (Å²) in [5, 5.41) is 8.67. The Labute approximate surface area is 83.8 Å². The first-order valence-corrected chi connectivity index (χ1v) is 4.21. The number of benzene rings is 1. The summed E-state index contributed by atoms with van der Waals surface area (Å²) in [7, 11) is 1.62. The van der Waals surface area contributed by atoms with Crippen molar-refractivity contribution in [2.24, 2.45) is 0 Å². The second-order valence-corrected chi connectivity index (χ2v) is 2.74. The fourth-order valence-corrected chi connectivity index (χ4v) is 0.874. The lowest BCUT2D eigenvalue weighted by molar-refractivity contribution is 0.336. The average molecular weight is 188 g/mol. The van der Waals surface area contributed by atoms with Crippen LogP contribution in [-0.4, -0.2) is 18.8 Å². The van der Waals surface area contributed by atoms with Gasteiger partial charge in [-0.1, -0.05) is 18.4 Å². The number of methoxy groups -OCH3 is 1. The van der Waals surface area contributed by atoms with Gasteiger partial charge in [0, 0.05) is 11.1 Å². The molecule has 0 atom stereocenters. The van der Waals surface area contributed by atoms with E-state index in [1.54, 1.807) is 7.11 Å². The first-order chi connectivity index (χ1) is 6.76. The highest BCUT2D eigenvalue weighted by atomic mass is 16.5. The Hall–Kier alpha value is -1.72. The Morgan fingerprint density at radius 2 is 2.07 bits per heavy atom. The predicted molar refractivity (Wildman–Crippen MR) is 56.1 cm³/mol.